The van der Waals surface area contributed by atoms with E-state index in [-0.39, 0.29) is 11.1 Å². The molecule has 16 heavy (non-hydrogen) atoms. The van der Waals surface area contributed by atoms with Gasteiger partial charge in [-0.05, 0) is 36.5 Å². The number of hydrogen-bond acceptors (Lipinski definition) is 4. The lowest BCUT2D eigenvalue weighted by Crippen LogP contribution is -2.18. The van der Waals surface area contributed by atoms with Gasteiger partial charge in [0.25, 0.3) is 0 Å². The van der Waals surface area contributed by atoms with Crippen molar-refractivity contribution in [2.24, 2.45) is 5.73 Å². The molecule has 0 fully saturated rings. The van der Waals surface area contributed by atoms with Crippen molar-refractivity contribution in [2.45, 2.75) is 0 Å². The van der Waals surface area contributed by atoms with Gasteiger partial charge in [-0.3, -0.25) is 5.32 Å². The van der Waals surface area contributed by atoms with Gasteiger partial charge in [0, 0.05) is 10.6 Å². The maximum absolute atomic E-state index is 5.76. The Kier molecular flexibility index (Phi) is 3.02. The van der Waals surface area contributed by atoms with Crippen LogP contribution in [0.3, 0.4) is 0 Å². The number of nitrogens with two attached hydrogens (primary N) is 1. The van der Waals surface area contributed by atoms with Crippen molar-refractivity contribution in [3.8, 4) is 11.5 Å². The molecule has 0 bridgehead atoms. The van der Waals surface area contributed by atoms with Gasteiger partial charge in [-0.15, -0.1) is 5.10 Å². The highest BCUT2D eigenvalue weighted by atomic mass is 35.5. The molecule has 0 radical (unpaired) electrons. The van der Waals surface area contributed by atoms with Gasteiger partial charge in [0.05, 0.1) is 0 Å². The molecule has 7 heteroatoms. The predicted octanol–water partition coefficient (Wildman–Crippen LogP) is 2.05. The maximum atomic E-state index is 5.76. The number of aromatic nitrogens is 2. The van der Waals surface area contributed by atoms with Crippen LogP contribution in [-0.2, 0) is 0 Å². The fraction of sp³-hybridized carbons (Fsp3) is 0. The van der Waals surface area contributed by atoms with E-state index in [1.54, 1.807) is 24.3 Å². The van der Waals surface area contributed by atoms with Crippen LogP contribution in [0, 0.1) is 0 Å². The average Bonchev–Trinajstić information content (AvgIpc) is 2.66. The third kappa shape index (κ3) is 2.47. The maximum Gasteiger partial charge on any atom is 0.322 e. The van der Waals surface area contributed by atoms with Crippen molar-refractivity contribution < 1.29 is 4.42 Å². The summed E-state index contributed by atoms with van der Waals surface area (Å²) in [4.78, 5) is 0. The van der Waals surface area contributed by atoms with Crippen LogP contribution in [0.4, 0.5) is 6.01 Å². The molecule has 0 aliphatic heterocycles. The molecule has 1 aromatic heterocycles. The number of thiocarbonyl (C=S) groups is 1. The first kappa shape index (κ1) is 10.8. The summed E-state index contributed by atoms with van der Waals surface area (Å²) in [6.07, 6.45) is 0. The monoisotopic (exact) mass is 254 g/mol. The van der Waals surface area contributed by atoms with Gasteiger partial charge in [-0.2, -0.15) is 0 Å². The van der Waals surface area contributed by atoms with Crippen LogP contribution in [0.5, 0.6) is 0 Å². The molecule has 5 nitrogen and oxygen atoms in total. The second-order valence-corrected chi connectivity index (χ2v) is 3.78. The average molecular weight is 255 g/mol. The molecule has 0 saturated heterocycles. The zero-order valence-corrected chi connectivity index (χ0v) is 9.55. The summed E-state index contributed by atoms with van der Waals surface area (Å²) in [5, 5.41) is 10.8. The standard InChI is InChI=1S/C9H7ClN4OS/c10-6-3-1-5(2-4-6)7-13-14-9(15-7)12-8(11)16/h1-4H,(H3,11,12,14,16). The van der Waals surface area contributed by atoms with E-state index in [2.05, 4.69) is 27.7 Å². The number of rotatable bonds is 2. The summed E-state index contributed by atoms with van der Waals surface area (Å²) >= 11 is 10.4. The molecular weight excluding hydrogens is 248 g/mol. The Hall–Kier alpha value is -1.66. The van der Waals surface area contributed by atoms with Gasteiger partial charge in [-0.1, -0.05) is 16.7 Å². The van der Waals surface area contributed by atoms with Gasteiger partial charge in [0.15, 0.2) is 5.11 Å². The van der Waals surface area contributed by atoms with Crippen LogP contribution < -0.4 is 11.1 Å². The largest absolute Gasteiger partial charge is 0.403 e. The smallest absolute Gasteiger partial charge is 0.322 e. The van der Waals surface area contributed by atoms with E-state index in [1.165, 1.54) is 0 Å². The number of halogens is 1. The van der Waals surface area contributed by atoms with Crippen molar-refractivity contribution in [1.29, 1.82) is 0 Å². The Bertz CT molecular complexity index is 510. The lowest BCUT2D eigenvalue weighted by atomic mass is 10.2. The highest BCUT2D eigenvalue weighted by Gasteiger charge is 2.08. The molecule has 3 N–H and O–H groups in total. The first-order valence-corrected chi connectivity index (χ1v) is 5.09. The third-order valence-corrected chi connectivity index (χ3v) is 2.10. The summed E-state index contributed by atoms with van der Waals surface area (Å²) in [5.74, 6) is 0.371. The quantitative estimate of drug-likeness (QED) is 0.799. The fourth-order valence-corrected chi connectivity index (χ4v) is 1.30. The van der Waals surface area contributed by atoms with E-state index >= 15 is 0 Å². The molecule has 82 valence electrons. The fourth-order valence-electron chi connectivity index (χ4n) is 1.09. The van der Waals surface area contributed by atoms with Gasteiger partial charge in [0.1, 0.15) is 0 Å². The first-order valence-electron chi connectivity index (χ1n) is 4.31. The van der Waals surface area contributed by atoms with Crippen LogP contribution in [-0.4, -0.2) is 15.3 Å². The summed E-state index contributed by atoms with van der Waals surface area (Å²) in [5.41, 5.74) is 6.04. The Morgan fingerprint density at radius 2 is 2.00 bits per heavy atom. The minimum absolute atomic E-state index is 0.0753. The molecule has 1 heterocycles. The predicted molar refractivity (Wildman–Crippen MR) is 65.2 cm³/mol. The molecule has 0 saturated carbocycles. The molecular formula is C9H7ClN4OS. The third-order valence-electron chi connectivity index (χ3n) is 1.75. The summed E-state index contributed by atoms with van der Waals surface area (Å²) < 4.78 is 5.28. The van der Waals surface area contributed by atoms with Crippen molar-refractivity contribution in [3.05, 3.63) is 29.3 Å². The zero-order chi connectivity index (χ0) is 11.5. The SMILES string of the molecule is NC(=S)Nc1nnc(-c2ccc(Cl)cc2)o1. The minimum atomic E-state index is 0.0753. The molecule has 2 aromatic rings. The second kappa shape index (κ2) is 4.46. The second-order valence-electron chi connectivity index (χ2n) is 2.91. The molecule has 0 unspecified atom stereocenters. The zero-order valence-electron chi connectivity index (χ0n) is 7.98. The highest BCUT2D eigenvalue weighted by molar-refractivity contribution is 7.80. The minimum Gasteiger partial charge on any atom is -0.403 e. The number of anilines is 1. The lowest BCUT2D eigenvalue weighted by molar-refractivity contribution is 0.589. The molecule has 2 rings (SSSR count). The van der Waals surface area contributed by atoms with Crippen molar-refractivity contribution in [2.75, 3.05) is 5.32 Å². The Morgan fingerprint density at radius 1 is 1.31 bits per heavy atom. The topological polar surface area (TPSA) is 77.0 Å². The molecule has 0 atom stereocenters. The summed E-state index contributed by atoms with van der Waals surface area (Å²) in [6, 6.07) is 7.20. The van der Waals surface area contributed by atoms with Gasteiger partial charge in [-0.25, -0.2) is 0 Å². The Balaban J connectivity index is 2.24. The van der Waals surface area contributed by atoms with Gasteiger partial charge in [0.2, 0.25) is 5.89 Å². The van der Waals surface area contributed by atoms with E-state index in [1.807, 2.05) is 0 Å². The van der Waals surface area contributed by atoms with E-state index in [0.29, 0.717) is 10.9 Å². The summed E-state index contributed by atoms with van der Waals surface area (Å²) in [6.45, 7) is 0. The Morgan fingerprint density at radius 3 is 2.62 bits per heavy atom. The highest BCUT2D eigenvalue weighted by Crippen LogP contribution is 2.21. The van der Waals surface area contributed by atoms with E-state index in [9.17, 15) is 0 Å². The molecule has 1 aromatic carbocycles. The number of hydrogen-bond donors (Lipinski definition) is 2. The van der Waals surface area contributed by atoms with Crippen LogP contribution in [0.15, 0.2) is 28.7 Å². The summed E-state index contributed by atoms with van der Waals surface area (Å²) in [7, 11) is 0. The van der Waals surface area contributed by atoms with Crippen molar-refractivity contribution >= 4 is 34.9 Å². The first-order chi connectivity index (χ1) is 7.65. The van der Waals surface area contributed by atoms with E-state index in [0.717, 1.165) is 5.56 Å². The van der Waals surface area contributed by atoms with E-state index < -0.39 is 0 Å². The van der Waals surface area contributed by atoms with Crippen LogP contribution >= 0.6 is 23.8 Å². The van der Waals surface area contributed by atoms with Crippen molar-refractivity contribution in [3.63, 3.8) is 0 Å². The number of nitrogens with zero attached hydrogens (tertiary/aromatic N) is 2. The number of benzene rings is 1. The molecule has 0 amide bonds. The van der Waals surface area contributed by atoms with Crippen LogP contribution in [0.25, 0.3) is 11.5 Å². The normalized spacial score (nSPS) is 10.1. The number of nitrogens with one attached hydrogen (secondary N) is 1. The van der Waals surface area contributed by atoms with E-state index in [4.69, 9.17) is 21.8 Å². The van der Waals surface area contributed by atoms with Crippen molar-refractivity contribution in [1.82, 2.24) is 10.2 Å². The Labute approximate surface area is 102 Å². The molecule has 0 spiro atoms. The molecule has 0 aliphatic rings. The lowest BCUT2D eigenvalue weighted by Gasteiger charge is -1.95. The van der Waals surface area contributed by atoms with Crippen LogP contribution in [0.2, 0.25) is 5.02 Å². The van der Waals surface area contributed by atoms with Crippen LogP contribution in [0.1, 0.15) is 0 Å². The van der Waals surface area contributed by atoms with Gasteiger partial charge >= 0.3 is 6.01 Å². The van der Waals surface area contributed by atoms with Gasteiger partial charge < -0.3 is 10.2 Å². The molecule has 0 aliphatic carbocycles.